The maximum absolute atomic E-state index is 12.0. The van der Waals surface area contributed by atoms with Crippen LogP contribution in [-0.2, 0) is 18.3 Å². The molecular weight excluding hydrogens is 449 g/mol. The van der Waals surface area contributed by atoms with Crippen molar-refractivity contribution in [1.29, 1.82) is 0 Å². The van der Waals surface area contributed by atoms with E-state index in [9.17, 15) is 9.46 Å². The molecule has 0 aromatic heterocycles. The van der Waals surface area contributed by atoms with Gasteiger partial charge < -0.3 is 14.1 Å². The van der Waals surface area contributed by atoms with E-state index < -0.39 is 13.9 Å². The van der Waals surface area contributed by atoms with Crippen molar-refractivity contribution in [1.82, 2.24) is 0 Å². The molecular formula is C24H52ClNO5P+. The number of nitrogens with zero attached hydrogens (tertiary/aromatic N) is 1. The Morgan fingerprint density at radius 1 is 0.812 bits per heavy atom. The number of alkyl halides is 1. The fourth-order valence-electron chi connectivity index (χ4n) is 3.37. The topological polar surface area (TPSA) is 65.0 Å². The molecule has 0 fully saturated rings. The van der Waals surface area contributed by atoms with Crippen molar-refractivity contribution in [2.75, 3.05) is 53.4 Å². The first kappa shape index (κ1) is 32.3. The average Bonchev–Trinajstić information content (AvgIpc) is 2.71. The molecule has 2 atom stereocenters. The lowest BCUT2D eigenvalue weighted by Gasteiger charge is -2.24. The van der Waals surface area contributed by atoms with Gasteiger partial charge in [0.25, 0.3) is 0 Å². The lowest BCUT2D eigenvalue weighted by Crippen LogP contribution is -2.37. The number of hydrogen-bond donors (Lipinski definition) is 1. The number of phosphoric acid groups is 1. The van der Waals surface area contributed by atoms with Crippen LogP contribution in [-0.4, -0.2) is 68.9 Å². The van der Waals surface area contributed by atoms with E-state index in [-0.39, 0.29) is 19.1 Å². The number of unbranched alkanes of at least 4 members (excludes halogenated alkanes) is 13. The quantitative estimate of drug-likeness (QED) is 0.0673. The van der Waals surface area contributed by atoms with E-state index in [0.29, 0.717) is 17.6 Å². The molecule has 0 radical (unpaired) electrons. The summed E-state index contributed by atoms with van der Waals surface area (Å²) in [4.78, 5) is 9.84. The van der Waals surface area contributed by atoms with Crippen LogP contribution < -0.4 is 0 Å². The minimum absolute atomic E-state index is 0.0853. The number of phosphoric ester groups is 1. The summed E-state index contributed by atoms with van der Waals surface area (Å²) < 4.78 is 28.4. The zero-order chi connectivity index (χ0) is 24.1. The summed E-state index contributed by atoms with van der Waals surface area (Å²) in [5.41, 5.74) is 0. The second-order valence-corrected chi connectivity index (χ2v) is 11.6. The van der Waals surface area contributed by atoms with Crippen LogP contribution in [0.5, 0.6) is 0 Å². The Labute approximate surface area is 203 Å². The van der Waals surface area contributed by atoms with Crippen molar-refractivity contribution in [2.45, 2.75) is 103 Å². The van der Waals surface area contributed by atoms with Crippen molar-refractivity contribution >= 4 is 19.4 Å². The normalized spacial score (nSPS) is 15.1. The Hall–Kier alpha value is 0.320. The van der Waals surface area contributed by atoms with Crippen molar-refractivity contribution in [2.24, 2.45) is 0 Å². The molecule has 2 unspecified atom stereocenters. The predicted molar refractivity (Wildman–Crippen MR) is 135 cm³/mol. The monoisotopic (exact) mass is 500 g/mol. The maximum Gasteiger partial charge on any atom is 0.472 e. The molecule has 0 aromatic carbocycles. The molecule has 0 aliphatic carbocycles. The highest BCUT2D eigenvalue weighted by molar-refractivity contribution is 7.47. The summed E-state index contributed by atoms with van der Waals surface area (Å²) >= 11 is 5.86. The largest absolute Gasteiger partial charge is 0.472 e. The van der Waals surface area contributed by atoms with Crippen molar-refractivity contribution in [3.8, 4) is 0 Å². The molecule has 0 saturated carbocycles. The Morgan fingerprint density at radius 2 is 1.28 bits per heavy atom. The summed E-state index contributed by atoms with van der Waals surface area (Å²) in [5, 5.41) is 0. The predicted octanol–water partition coefficient (Wildman–Crippen LogP) is 6.93. The maximum atomic E-state index is 12.0. The van der Waals surface area contributed by atoms with Crippen LogP contribution in [0.2, 0.25) is 0 Å². The highest BCUT2D eigenvalue weighted by atomic mass is 35.5. The third-order valence-electron chi connectivity index (χ3n) is 5.42. The van der Waals surface area contributed by atoms with Gasteiger partial charge in [0.05, 0.1) is 33.6 Å². The molecule has 0 rings (SSSR count). The van der Waals surface area contributed by atoms with Gasteiger partial charge in [-0.05, 0) is 6.42 Å². The van der Waals surface area contributed by atoms with Crippen LogP contribution in [0, 0.1) is 0 Å². The molecule has 1 N–H and O–H groups in total. The van der Waals surface area contributed by atoms with Crippen LogP contribution in [0.4, 0.5) is 0 Å². The molecule has 0 spiro atoms. The van der Waals surface area contributed by atoms with Crippen molar-refractivity contribution < 1.29 is 27.7 Å². The molecule has 6 nitrogen and oxygen atoms in total. The Kier molecular flexibility index (Phi) is 20.9. The number of rotatable bonds is 24. The average molecular weight is 501 g/mol. The molecule has 32 heavy (non-hydrogen) atoms. The number of ether oxygens (including phenoxy) is 1. The minimum Gasteiger partial charge on any atom is -0.379 e. The third kappa shape index (κ3) is 23.5. The minimum atomic E-state index is -4.12. The summed E-state index contributed by atoms with van der Waals surface area (Å²) in [6, 6.07) is 0. The van der Waals surface area contributed by atoms with E-state index in [0.717, 1.165) is 12.8 Å². The third-order valence-corrected chi connectivity index (χ3v) is 6.83. The molecule has 0 bridgehead atoms. The lowest BCUT2D eigenvalue weighted by molar-refractivity contribution is -0.870. The first-order chi connectivity index (χ1) is 15.2. The van der Waals surface area contributed by atoms with Crippen LogP contribution in [0.3, 0.4) is 0 Å². The van der Waals surface area contributed by atoms with E-state index >= 15 is 0 Å². The van der Waals surface area contributed by atoms with Gasteiger partial charge in [-0.25, -0.2) is 4.57 Å². The molecule has 0 amide bonds. The summed E-state index contributed by atoms with van der Waals surface area (Å²) in [6.07, 6.45) is 17.8. The number of halogens is 1. The fraction of sp³-hybridized carbons (Fsp3) is 1.00. The molecule has 0 heterocycles. The molecule has 8 heteroatoms. The van der Waals surface area contributed by atoms with Gasteiger partial charge in [-0.2, -0.15) is 0 Å². The second-order valence-electron chi connectivity index (χ2n) is 9.87. The summed E-state index contributed by atoms with van der Waals surface area (Å²) in [7, 11) is 1.84. The van der Waals surface area contributed by atoms with Crippen LogP contribution >= 0.6 is 19.4 Å². The molecule has 0 saturated heterocycles. The van der Waals surface area contributed by atoms with Gasteiger partial charge in [0.1, 0.15) is 19.3 Å². The molecule has 0 aliphatic heterocycles. The van der Waals surface area contributed by atoms with Gasteiger partial charge >= 0.3 is 7.82 Å². The summed E-state index contributed by atoms with van der Waals surface area (Å²) in [5.74, 6) is 0.0853. The van der Waals surface area contributed by atoms with Crippen LogP contribution in [0.25, 0.3) is 0 Å². The number of hydrogen-bond acceptors (Lipinski definition) is 4. The smallest absolute Gasteiger partial charge is 0.379 e. The second kappa shape index (κ2) is 20.7. The van der Waals surface area contributed by atoms with Gasteiger partial charge in [-0.1, -0.05) is 90.4 Å². The Balaban J connectivity index is 3.55. The molecule has 194 valence electrons. The Morgan fingerprint density at radius 3 is 1.72 bits per heavy atom. The lowest BCUT2D eigenvalue weighted by atomic mass is 10.0. The molecule has 0 aromatic rings. The standard InChI is InChI=1S/C24H51ClNO5P/c1-5-6-7-8-9-10-11-12-13-14-15-16-17-18-20-29-23-24(22-25)31-32(27,28)30-21-19-26(2,3)4/h24H,5-23H2,1-4H3/p+1. The fourth-order valence-corrected chi connectivity index (χ4v) is 4.49. The summed E-state index contributed by atoms with van der Waals surface area (Å²) in [6.45, 7) is 3.84. The first-order valence-electron chi connectivity index (χ1n) is 12.8. The number of quaternary nitrogens is 1. The first-order valence-corrected chi connectivity index (χ1v) is 14.8. The van der Waals surface area contributed by atoms with Crippen LogP contribution in [0.1, 0.15) is 96.8 Å². The van der Waals surface area contributed by atoms with Gasteiger partial charge in [0.2, 0.25) is 0 Å². The Bertz CT molecular complexity index is 462. The zero-order valence-electron chi connectivity index (χ0n) is 21.4. The van der Waals surface area contributed by atoms with E-state index in [1.165, 1.54) is 77.0 Å². The highest BCUT2D eigenvalue weighted by Crippen LogP contribution is 2.44. The zero-order valence-corrected chi connectivity index (χ0v) is 23.0. The van der Waals surface area contributed by atoms with Gasteiger partial charge in [-0.3, -0.25) is 9.05 Å². The highest BCUT2D eigenvalue weighted by Gasteiger charge is 2.27. The molecule has 0 aliphatic rings. The van der Waals surface area contributed by atoms with E-state index in [4.69, 9.17) is 25.4 Å². The van der Waals surface area contributed by atoms with Crippen molar-refractivity contribution in [3.63, 3.8) is 0 Å². The van der Waals surface area contributed by atoms with E-state index in [1.54, 1.807) is 0 Å². The van der Waals surface area contributed by atoms with E-state index in [2.05, 4.69) is 6.92 Å². The van der Waals surface area contributed by atoms with E-state index in [1.807, 2.05) is 21.1 Å². The van der Waals surface area contributed by atoms with Crippen molar-refractivity contribution in [3.05, 3.63) is 0 Å². The number of likely N-dealkylation sites (N-methyl/N-ethyl adjacent to an activating group) is 1. The van der Waals surface area contributed by atoms with Crippen LogP contribution in [0.15, 0.2) is 0 Å². The van der Waals surface area contributed by atoms with Gasteiger partial charge in [0, 0.05) is 6.61 Å². The van der Waals surface area contributed by atoms with Gasteiger partial charge in [-0.15, -0.1) is 11.6 Å². The SMILES string of the molecule is CCCCCCCCCCCCCCCCOCC(CCl)OP(=O)(O)OCC[N+](C)(C)C. The van der Waals surface area contributed by atoms with Gasteiger partial charge in [0.15, 0.2) is 0 Å².